The van der Waals surface area contributed by atoms with E-state index in [2.05, 4.69) is 0 Å². The van der Waals surface area contributed by atoms with E-state index < -0.39 is 0 Å². The summed E-state index contributed by atoms with van der Waals surface area (Å²) in [6.07, 6.45) is 0.689. The zero-order valence-corrected chi connectivity index (χ0v) is 8.16. The first kappa shape index (κ1) is 9.78. The van der Waals surface area contributed by atoms with E-state index in [0.29, 0.717) is 11.8 Å². The monoisotopic (exact) mass is 178 g/mol. The molecule has 0 unspecified atom stereocenters. The van der Waals surface area contributed by atoms with Gasteiger partial charge in [0.05, 0.1) is 5.56 Å². The number of aromatic hydroxyl groups is 1. The van der Waals surface area contributed by atoms with Crippen molar-refractivity contribution in [1.29, 1.82) is 0 Å². The molecule has 2 nitrogen and oxygen atoms in total. The molecule has 0 radical (unpaired) electrons. The fourth-order valence-corrected chi connectivity index (χ4v) is 1.37. The van der Waals surface area contributed by atoms with Crippen molar-refractivity contribution in [2.75, 3.05) is 0 Å². The van der Waals surface area contributed by atoms with E-state index in [1.807, 2.05) is 26.8 Å². The highest BCUT2D eigenvalue weighted by Gasteiger charge is 2.10. The molecule has 70 valence electrons. The van der Waals surface area contributed by atoms with Gasteiger partial charge in [-0.05, 0) is 30.0 Å². The third-order valence-corrected chi connectivity index (χ3v) is 2.06. The predicted octanol–water partition coefficient (Wildman–Crippen LogP) is 2.64. The highest BCUT2D eigenvalue weighted by Crippen LogP contribution is 2.29. The van der Waals surface area contributed by atoms with Crippen LogP contribution in [0.15, 0.2) is 12.1 Å². The van der Waals surface area contributed by atoms with Gasteiger partial charge in [0.2, 0.25) is 0 Å². The number of phenols is 1. The lowest BCUT2D eigenvalue weighted by Gasteiger charge is -2.10. The first-order chi connectivity index (χ1) is 6.06. The Morgan fingerprint density at radius 2 is 2.00 bits per heavy atom. The van der Waals surface area contributed by atoms with Crippen molar-refractivity contribution < 1.29 is 9.90 Å². The van der Waals surface area contributed by atoms with Gasteiger partial charge in [0.1, 0.15) is 5.75 Å². The lowest BCUT2D eigenvalue weighted by Crippen LogP contribution is -1.93. The molecular formula is C11H14O2. The second kappa shape index (κ2) is 3.60. The molecule has 0 atom stereocenters. The van der Waals surface area contributed by atoms with Crippen molar-refractivity contribution in [1.82, 2.24) is 0 Å². The highest BCUT2D eigenvalue weighted by molar-refractivity contribution is 5.80. The summed E-state index contributed by atoms with van der Waals surface area (Å²) in [7, 11) is 0. The molecule has 0 aliphatic rings. The van der Waals surface area contributed by atoms with Crippen LogP contribution >= 0.6 is 0 Å². The van der Waals surface area contributed by atoms with Gasteiger partial charge < -0.3 is 5.11 Å². The molecule has 0 saturated heterocycles. The number of aryl methyl sites for hydroxylation is 1. The lowest BCUT2D eigenvalue weighted by atomic mass is 9.97. The molecule has 1 rings (SSSR count). The van der Waals surface area contributed by atoms with Crippen molar-refractivity contribution in [2.45, 2.75) is 26.7 Å². The molecule has 0 aromatic heterocycles. The third kappa shape index (κ3) is 1.89. The Hall–Kier alpha value is -1.31. The van der Waals surface area contributed by atoms with Gasteiger partial charge in [0.25, 0.3) is 0 Å². The van der Waals surface area contributed by atoms with Gasteiger partial charge in [-0.3, -0.25) is 4.79 Å². The molecule has 1 N–H and O–H groups in total. The number of rotatable bonds is 2. The van der Waals surface area contributed by atoms with Gasteiger partial charge in [-0.25, -0.2) is 0 Å². The number of phenolic OH excluding ortho intramolecular Hbond substituents is 1. The predicted molar refractivity (Wildman–Crippen MR) is 52.3 cm³/mol. The van der Waals surface area contributed by atoms with Gasteiger partial charge in [-0.1, -0.05) is 19.9 Å². The minimum absolute atomic E-state index is 0.121. The fraction of sp³-hybridized carbons (Fsp3) is 0.364. The van der Waals surface area contributed by atoms with Crippen LogP contribution in [0.25, 0.3) is 0 Å². The summed E-state index contributed by atoms with van der Waals surface area (Å²) in [5.74, 6) is 0.356. The van der Waals surface area contributed by atoms with Crippen LogP contribution in [0, 0.1) is 6.92 Å². The quantitative estimate of drug-likeness (QED) is 0.707. The Morgan fingerprint density at radius 1 is 1.38 bits per heavy atom. The number of benzene rings is 1. The smallest absolute Gasteiger partial charge is 0.153 e. The number of carbonyl (C=O) groups excluding carboxylic acids is 1. The van der Waals surface area contributed by atoms with E-state index >= 15 is 0 Å². The first-order valence-electron chi connectivity index (χ1n) is 4.35. The van der Waals surface area contributed by atoms with Crippen LogP contribution in [0.5, 0.6) is 5.75 Å². The molecule has 0 aliphatic heterocycles. The van der Waals surface area contributed by atoms with Crippen LogP contribution in [0.2, 0.25) is 0 Å². The summed E-state index contributed by atoms with van der Waals surface area (Å²) >= 11 is 0. The summed E-state index contributed by atoms with van der Waals surface area (Å²) in [6, 6.07) is 3.60. The Labute approximate surface area is 78.2 Å². The van der Waals surface area contributed by atoms with Gasteiger partial charge in [0.15, 0.2) is 6.29 Å². The van der Waals surface area contributed by atoms with Crippen molar-refractivity contribution in [3.8, 4) is 5.75 Å². The maximum atomic E-state index is 10.6. The fourth-order valence-electron chi connectivity index (χ4n) is 1.37. The van der Waals surface area contributed by atoms with Gasteiger partial charge in [-0.2, -0.15) is 0 Å². The number of aldehydes is 1. The molecule has 13 heavy (non-hydrogen) atoms. The number of hydrogen-bond donors (Lipinski definition) is 1. The average Bonchev–Trinajstić information content (AvgIpc) is 2.08. The van der Waals surface area contributed by atoms with Crippen molar-refractivity contribution in [3.63, 3.8) is 0 Å². The first-order valence-corrected chi connectivity index (χ1v) is 4.35. The summed E-state index contributed by atoms with van der Waals surface area (Å²) in [5, 5.41) is 9.65. The average molecular weight is 178 g/mol. The van der Waals surface area contributed by atoms with E-state index in [0.717, 1.165) is 11.1 Å². The molecule has 0 bridgehead atoms. The topological polar surface area (TPSA) is 37.3 Å². The van der Waals surface area contributed by atoms with Crippen molar-refractivity contribution in [2.24, 2.45) is 0 Å². The van der Waals surface area contributed by atoms with Crippen LogP contribution in [-0.4, -0.2) is 11.4 Å². The Kier molecular flexibility index (Phi) is 2.71. The molecule has 0 fully saturated rings. The largest absolute Gasteiger partial charge is 0.507 e. The zero-order valence-electron chi connectivity index (χ0n) is 8.16. The molecule has 0 aliphatic carbocycles. The summed E-state index contributed by atoms with van der Waals surface area (Å²) < 4.78 is 0. The summed E-state index contributed by atoms with van der Waals surface area (Å²) in [6.45, 7) is 5.89. The van der Waals surface area contributed by atoms with Gasteiger partial charge >= 0.3 is 0 Å². The maximum absolute atomic E-state index is 10.6. The van der Waals surface area contributed by atoms with E-state index in [-0.39, 0.29) is 11.7 Å². The van der Waals surface area contributed by atoms with Crippen LogP contribution < -0.4 is 0 Å². The Morgan fingerprint density at radius 3 is 2.46 bits per heavy atom. The molecule has 0 saturated carbocycles. The van der Waals surface area contributed by atoms with Crippen LogP contribution in [0.3, 0.4) is 0 Å². The second-order valence-corrected chi connectivity index (χ2v) is 3.56. The molecular weight excluding hydrogens is 164 g/mol. The normalized spacial score (nSPS) is 10.5. The molecule has 0 amide bonds. The number of hydrogen-bond acceptors (Lipinski definition) is 2. The Balaban J connectivity index is 3.35. The van der Waals surface area contributed by atoms with Crippen molar-refractivity contribution in [3.05, 3.63) is 28.8 Å². The van der Waals surface area contributed by atoms with E-state index in [1.165, 1.54) is 0 Å². The van der Waals surface area contributed by atoms with Crippen LogP contribution in [-0.2, 0) is 0 Å². The third-order valence-electron chi connectivity index (χ3n) is 2.06. The van der Waals surface area contributed by atoms with E-state index in [4.69, 9.17) is 0 Å². The minimum Gasteiger partial charge on any atom is -0.507 e. The van der Waals surface area contributed by atoms with Crippen LogP contribution in [0.1, 0.15) is 41.3 Å². The molecule has 0 spiro atoms. The Bertz CT molecular complexity index is 327. The van der Waals surface area contributed by atoms with Gasteiger partial charge in [0, 0.05) is 0 Å². The van der Waals surface area contributed by atoms with Crippen LogP contribution in [0.4, 0.5) is 0 Å². The zero-order chi connectivity index (χ0) is 10.0. The standard InChI is InChI=1S/C11H14O2/c1-7(2)10-5-8(3)4-9(6-12)11(10)13/h4-7,13H,1-3H3. The van der Waals surface area contributed by atoms with E-state index in [9.17, 15) is 9.90 Å². The molecule has 2 heteroatoms. The lowest BCUT2D eigenvalue weighted by molar-refractivity contribution is 0.112. The molecule has 0 heterocycles. The molecule has 1 aromatic carbocycles. The minimum atomic E-state index is 0.121. The highest BCUT2D eigenvalue weighted by atomic mass is 16.3. The molecule has 1 aromatic rings. The maximum Gasteiger partial charge on any atom is 0.153 e. The van der Waals surface area contributed by atoms with Gasteiger partial charge in [-0.15, -0.1) is 0 Å². The number of carbonyl (C=O) groups is 1. The van der Waals surface area contributed by atoms with Crippen molar-refractivity contribution >= 4 is 6.29 Å². The summed E-state index contributed by atoms with van der Waals surface area (Å²) in [4.78, 5) is 10.6. The second-order valence-electron chi connectivity index (χ2n) is 3.56. The van der Waals surface area contributed by atoms with E-state index in [1.54, 1.807) is 6.07 Å². The SMILES string of the molecule is Cc1cc(C=O)c(O)c(C(C)C)c1. The summed E-state index contributed by atoms with van der Waals surface area (Å²) in [5.41, 5.74) is 2.22.